The molecule has 0 aliphatic rings. The topological polar surface area (TPSA) is 71.2 Å². The molecule has 4 rings (SSSR count). The first-order valence-corrected chi connectivity index (χ1v) is 12.1. The number of aromatic amines is 1. The number of nitrogens with one attached hydrogen (secondary N) is 2. The second kappa shape index (κ2) is 8.41. The lowest BCUT2D eigenvalue weighted by atomic mass is 10.1. The predicted molar refractivity (Wildman–Crippen MR) is 125 cm³/mol. The molecule has 1 heterocycles. The van der Waals surface area contributed by atoms with E-state index in [0.717, 1.165) is 32.0 Å². The van der Waals surface area contributed by atoms with Gasteiger partial charge >= 0.3 is 0 Å². The summed E-state index contributed by atoms with van der Waals surface area (Å²) >= 11 is 3.51. The third-order valence-corrected chi connectivity index (χ3v) is 7.19. The fraction of sp³-hybridized carbons (Fsp3) is 0.217. The number of rotatable bonds is 7. The first-order chi connectivity index (χ1) is 14.4. The summed E-state index contributed by atoms with van der Waals surface area (Å²) in [4.78, 5) is 3.63. The third-order valence-electron chi connectivity index (χ3n) is 5.18. The summed E-state index contributed by atoms with van der Waals surface area (Å²) in [6.07, 6.45) is 0.594. The molecule has 7 heteroatoms. The van der Waals surface area contributed by atoms with Crippen LogP contribution in [0.15, 0.2) is 64.0 Å². The van der Waals surface area contributed by atoms with Crippen molar-refractivity contribution in [3.8, 4) is 5.75 Å². The Kier molecular flexibility index (Phi) is 5.86. The highest BCUT2D eigenvalue weighted by molar-refractivity contribution is 9.10. The minimum Gasteiger partial charge on any atom is -0.493 e. The molecule has 0 saturated heterocycles. The van der Waals surface area contributed by atoms with E-state index in [-0.39, 0.29) is 4.90 Å². The van der Waals surface area contributed by atoms with Crippen LogP contribution in [0.4, 0.5) is 0 Å². The molecule has 1 aromatic heterocycles. The Labute approximate surface area is 184 Å². The average Bonchev–Trinajstić information content (AvgIpc) is 3.03. The van der Waals surface area contributed by atoms with Crippen LogP contribution in [0.2, 0.25) is 0 Å². The number of hydrogen-bond acceptors (Lipinski definition) is 3. The molecule has 0 saturated carbocycles. The number of aryl methyl sites for hydroxylation is 1. The van der Waals surface area contributed by atoms with Crippen LogP contribution in [0.5, 0.6) is 5.75 Å². The maximum atomic E-state index is 13.1. The maximum absolute atomic E-state index is 13.1. The van der Waals surface area contributed by atoms with Crippen molar-refractivity contribution >= 4 is 47.6 Å². The number of sulfonamides is 1. The van der Waals surface area contributed by atoms with Crippen LogP contribution in [0.3, 0.4) is 0 Å². The van der Waals surface area contributed by atoms with Crippen molar-refractivity contribution in [3.63, 3.8) is 0 Å². The molecule has 2 N–H and O–H groups in total. The number of hydrogen-bond donors (Lipinski definition) is 2. The molecule has 4 aromatic rings. The molecule has 0 radical (unpaired) electrons. The van der Waals surface area contributed by atoms with Gasteiger partial charge in [-0.1, -0.05) is 40.2 Å². The second-order valence-electron chi connectivity index (χ2n) is 7.11. The summed E-state index contributed by atoms with van der Waals surface area (Å²) in [5, 5.41) is 2.55. The van der Waals surface area contributed by atoms with Crippen molar-refractivity contribution in [3.05, 3.63) is 70.3 Å². The molecule has 5 nitrogen and oxygen atoms in total. The summed E-state index contributed by atoms with van der Waals surface area (Å²) < 4.78 is 35.6. The molecule has 156 valence electrons. The largest absolute Gasteiger partial charge is 0.493 e. The minimum atomic E-state index is -3.67. The van der Waals surface area contributed by atoms with E-state index in [9.17, 15) is 8.42 Å². The predicted octanol–water partition coefficient (Wildman–Crippen LogP) is 5.31. The molecule has 0 amide bonds. The first kappa shape index (κ1) is 20.9. The fourth-order valence-corrected chi connectivity index (χ4v) is 5.43. The zero-order valence-corrected chi connectivity index (χ0v) is 19.2. The van der Waals surface area contributed by atoms with Gasteiger partial charge in [0.25, 0.3) is 0 Å². The smallest absolute Gasteiger partial charge is 0.241 e. The van der Waals surface area contributed by atoms with Gasteiger partial charge < -0.3 is 9.72 Å². The van der Waals surface area contributed by atoms with E-state index in [2.05, 4.69) is 31.7 Å². The Morgan fingerprint density at radius 2 is 1.80 bits per heavy atom. The summed E-state index contributed by atoms with van der Waals surface area (Å²) in [6.45, 7) is 4.75. The van der Waals surface area contributed by atoms with E-state index in [1.807, 2.05) is 50.2 Å². The molecule has 0 spiro atoms. The molecule has 0 aliphatic carbocycles. The molecule has 0 atom stereocenters. The van der Waals surface area contributed by atoms with Crippen LogP contribution in [-0.4, -0.2) is 26.6 Å². The quantitative estimate of drug-likeness (QED) is 0.371. The fourth-order valence-electron chi connectivity index (χ4n) is 3.82. The van der Waals surface area contributed by atoms with Crippen molar-refractivity contribution in [2.75, 3.05) is 13.2 Å². The van der Waals surface area contributed by atoms with Crippen LogP contribution < -0.4 is 9.46 Å². The Bertz CT molecular complexity index is 1330. The first-order valence-electron chi connectivity index (χ1n) is 9.81. The number of benzene rings is 3. The van der Waals surface area contributed by atoms with Crippen molar-refractivity contribution in [1.82, 2.24) is 9.71 Å². The van der Waals surface area contributed by atoms with E-state index in [1.165, 1.54) is 0 Å². The molecular weight excluding hydrogens is 464 g/mol. The standard InChI is InChI=1S/C23H23BrN2O3S/c1-3-29-22-10-11-23(19-7-5-4-6-18(19)22)30(27,28)25-13-12-17-15(2)26-21-9-8-16(24)14-20(17)21/h4-11,14,25-26H,3,12-13H2,1-2H3. The number of aromatic nitrogens is 1. The van der Waals surface area contributed by atoms with Crippen LogP contribution in [0.1, 0.15) is 18.2 Å². The lowest BCUT2D eigenvalue weighted by molar-refractivity contribution is 0.344. The Morgan fingerprint density at radius 3 is 2.57 bits per heavy atom. The third kappa shape index (κ3) is 3.97. The molecule has 30 heavy (non-hydrogen) atoms. The zero-order valence-electron chi connectivity index (χ0n) is 16.8. The van der Waals surface area contributed by atoms with Gasteiger partial charge in [-0.05, 0) is 56.2 Å². The molecule has 3 aromatic carbocycles. The highest BCUT2D eigenvalue weighted by Gasteiger charge is 2.19. The number of fused-ring (bicyclic) bond motifs is 2. The minimum absolute atomic E-state index is 0.264. The van der Waals surface area contributed by atoms with E-state index < -0.39 is 10.0 Å². The maximum Gasteiger partial charge on any atom is 0.241 e. The number of halogens is 1. The van der Waals surface area contributed by atoms with Gasteiger partial charge in [-0.3, -0.25) is 0 Å². The highest BCUT2D eigenvalue weighted by Crippen LogP contribution is 2.31. The van der Waals surface area contributed by atoms with Gasteiger partial charge in [-0.25, -0.2) is 13.1 Å². The lowest BCUT2D eigenvalue weighted by Crippen LogP contribution is -2.26. The highest BCUT2D eigenvalue weighted by atomic mass is 79.9. The van der Waals surface area contributed by atoms with Crippen molar-refractivity contribution < 1.29 is 13.2 Å². The summed E-state index contributed by atoms with van der Waals surface area (Å²) in [5.41, 5.74) is 3.21. The SMILES string of the molecule is CCOc1ccc(S(=O)(=O)NCCc2c(C)[nH]c3ccc(Br)cc23)c2ccccc12. The monoisotopic (exact) mass is 486 g/mol. The molecule has 0 fully saturated rings. The van der Waals surface area contributed by atoms with Crippen LogP contribution >= 0.6 is 15.9 Å². The second-order valence-corrected chi connectivity index (χ2v) is 9.76. The lowest BCUT2D eigenvalue weighted by Gasteiger charge is -2.13. The van der Waals surface area contributed by atoms with Gasteiger partial charge in [0.15, 0.2) is 0 Å². The zero-order chi connectivity index (χ0) is 21.3. The Morgan fingerprint density at radius 1 is 1.03 bits per heavy atom. The number of ether oxygens (including phenoxy) is 1. The summed E-state index contributed by atoms with van der Waals surface area (Å²) in [6, 6.07) is 16.8. The molecule has 0 bridgehead atoms. The van der Waals surface area contributed by atoms with E-state index in [0.29, 0.717) is 30.7 Å². The summed E-state index contributed by atoms with van der Waals surface area (Å²) in [5.74, 6) is 0.687. The van der Waals surface area contributed by atoms with Crippen LogP contribution in [-0.2, 0) is 16.4 Å². The van der Waals surface area contributed by atoms with E-state index in [1.54, 1.807) is 12.1 Å². The Hall–Kier alpha value is -2.35. The molecular formula is C23H23BrN2O3S. The number of H-pyrrole nitrogens is 1. The van der Waals surface area contributed by atoms with E-state index >= 15 is 0 Å². The van der Waals surface area contributed by atoms with Crippen LogP contribution in [0.25, 0.3) is 21.7 Å². The van der Waals surface area contributed by atoms with Gasteiger partial charge in [0.05, 0.1) is 11.5 Å². The normalized spacial score (nSPS) is 12.0. The van der Waals surface area contributed by atoms with Gasteiger partial charge in [-0.15, -0.1) is 0 Å². The van der Waals surface area contributed by atoms with Crippen molar-refractivity contribution in [2.24, 2.45) is 0 Å². The average molecular weight is 487 g/mol. The summed E-state index contributed by atoms with van der Waals surface area (Å²) in [7, 11) is -3.67. The van der Waals surface area contributed by atoms with E-state index in [4.69, 9.17) is 4.74 Å². The van der Waals surface area contributed by atoms with Gasteiger partial charge in [0, 0.05) is 38.4 Å². The van der Waals surface area contributed by atoms with Gasteiger partial charge in [0.2, 0.25) is 10.0 Å². The molecule has 0 unspecified atom stereocenters. The van der Waals surface area contributed by atoms with Gasteiger partial charge in [-0.2, -0.15) is 0 Å². The van der Waals surface area contributed by atoms with Crippen LogP contribution in [0, 0.1) is 6.92 Å². The Balaban J connectivity index is 1.60. The van der Waals surface area contributed by atoms with Crippen molar-refractivity contribution in [2.45, 2.75) is 25.2 Å². The molecule has 0 aliphatic heterocycles. The van der Waals surface area contributed by atoms with Crippen molar-refractivity contribution in [1.29, 1.82) is 0 Å². The van der Waals surface area contributed by atoms with Gasteiger partial charge in [0.1, 0.15) is 5.75 Å².